The molecule has 1 N–H and O–H groups in total. The fourth-order valence-electron chi connectivity index (χ4n) is 2.85. The third-order valence-electron chi connectivity index (χ3n) is 4.20. The average Bonchev–Trinajstić information content (AvgIpc) is 3.28. The number of carbonyl (C=O) groups is 2. The lowest BCUT2D eigenvalue weighted by Gasteiger charge is -2.06. The number of benzene rings is 1. The van der Waals surface area contributed by atoms with Gasteiger partial charge < -0.3 is 14.5 Å². The van der Waals surface area contributed by atoms with Crippen LogP contribution in [0.5, 0.6) is 0 Å². The number of hydrogen-bond donors (Lipinski definition) is 1. The van der Waals surface area contributed by atoms with E-state index in [1.165, 1.54) is 0 Å². The Bertz CT molecular complexity index is 941. The van der Waals surface area contributed by atoms with E-state index >= 15 is 0 Å². The number of aromatic nitrogens is 3. The van der Waals surface area contributed by atoms with Crippen molar-refractivity contribution in [1.29, 1.82) is 0 Å². The molecule has 3 aromatic rings. The van der Waals surface area contributed by atoms with E-state index < -0.39 is 11.9 Å². The van der Waals surface area contributed by atoms with Crippen LogP contribution in [0.15, 0.2) is 42.7 Å². The summed E-state index contributed by atoms with van der Waals surface area (Å²) in [5.74, 6) is -0.959. The summed E-state index contributed by atoms with van der Waals surface area (Å²) in [5.41, 5.74) is 3.54. The summed E-state index contributed by atoms with van der Waals surface area (Å²) in [6.45, 7) is 5.57. The Labute approximate surface area is 156 Å². The van der Waals surface area contributed by atoms with E-state index in [1.54, 1.807) is 31.6 Å². The molecule has 0 spiro atoms. The predicted molar refractivity (Wildman–Crippen MR) is 98.9 cm³/mol. The van der Waals surface area contributed by atoms with Crippen LogP contribution in [-0.4, -0.2) is 33.3 Å². The van der Waals surface area contributed by atoms with Crippen LogP contribution in [0.4, 0.5) is 0 Å². The second-order valence-corrected chi connectivity index (χ2v) is 6.04. The number of aryl methyl sites for hydroxylation is 1. The lowest BCUT2D eigenvalue weighted by molar-refractivity contribution is 0.0465. The molecule has 0 radical (unpaired) electrons. The van der Waals surface area contributed by atoms with Gasteiger partial charge in [0.25, 0.3) is 0 Å². The third-order valence-corrected chi connectivity index (χ3v) is 4.20. The van der Waals surface area contributed by atoms with Gasteiger partial charge in [-0.2, -0.15) is 5.10 Å². The van der Waals surface area contributed by atoms with Gasteiger partial charge in [-0.3, -0.25) is 0 Å². The Morgan fingerprint density at radius 1 is 1.11 bits per heavy atom. The number of H-pyrrole nitrogens is 1. The fraction of sp³-hybridized carbons (Fsp3) is 0.250. The van der Waals surface area contributed by atoms with Crippen molar-refractivity contribution in [2.75, 3.05) is 6.61 Å². The number of nitrogens with zero attached hydrogens (tertiary/aromatic N) is 2. The molecule has 0 saturated carbocycles. The van der Waals surface area contributed by atoms with Gasteiger partial charge in [-0.15, -0.1) is 0 Å². The zero-order chi connectivity index (χ0) is 19.4. The standard InChI is InChI=1S/C20H21N3O4/c1-4-26-19(24)17-13(2)18(22-14(17)3)20(25)27-12-15-6-8-16(9-7-15)23-11-5-10-21-23/h5-11,22H,4,12H2,1-3H3. The minimum absolute atomic E-state index is 0.129. The molecule has 0 fully saturated rings. The monoisotopic (exact) mass is 367 g/mol. The quantitative estimate of drug-likeness (QED) is 0.675. The summed E-state index contributed by atoms with van der Waals surface area (Å²) in [5, 5.41) is 4.17. The van der Waals surface area contributed by atoms with E-state index in [4.69, 9.17) is 9.47 Å². The third kappa shape index (κ3) is 3.92. The van der Waals surface area contributed by atoms with Crippen molar-refractivity contribution in [3.05, 3.63) is 70.8 Å². The van der Waals surface area contributed by atoms with E-state index in [9.17, 15) is 9.59 Å². The normalized spacial score (nSPS) is 10.6. The summed E-state index contributed by atoms with van der Waals surface area (Å²) in [7, 11) is 0. The molecule has 7 nitrogen and oxygen atoms in total. The summed E-state index contributed by atoms with van der Waals surface area (Å²) >= 11 is 0. The van der Waals surface area contributed by atoms with Crippen molar-refractivity contribution < 1.29 is 19.1 Å². The van der Waals surface area contributed by atoms with Crippen molar-refractivity contribution in [3.8, 4) is 5.69 Å². The molecule has 0 aliphatic heterocycles. The molecule has 0 bridgehead atoms. The van der Waals surface area contributed by atoms with Crippen molar-refractivity contribution in [1.82, 2.24) is 14.8 Å². The molecule has 2 heterocycles. The van der Waals surface area contributed by atoms with Gasteiger partial charge >= 0.3 is 11.9 Å². The van der Waals surface area contributed by atoms with Crippen LogP contribution in [0.2, 0.25) is 0 Å². The maximum Gasteiger partial charge on any atom is 0.355 e. The molecule has 0 unspecified atom stereocenters. The molecule has 27 heavy (non-hydrogen) atoms. The zero-order valence-electron chi connectivity index (χ0n) is 15.5. The Balaban J connectivity index is 1.67. The first-order valence-corrected chi connectivity index (χ1v) is 8.63. The highest BCUT2D eigenvalue weighted by molar-refractivity contribution is 5.98. The van der Waals surface area contributed by atoms with Crippen molar-refractivity contribution in [3.63, 3.8) is 0 Å². The average molecular weight is 367 g/mol. The van der Waals surface area contributed by atoms with E-state index in [0.29, 0.717) is 16.8 Å². The molecule has 0 saturated heterocycles. The van der Waals surface area contributed by atoms with E-state index in [-0.39, 0.29) is 18.9 Å². The van der Waals surface area contributed by atoms with E-state index in [1.807, 2.05) is 36.5 Å². The maximum atomic E-state index is 12.4. The number of ether oxygens (including phenoxy) is 2. The van der Waals surface area contributed by atoms with Crippen LogP contribution in [-0.2, 0) is 16.1 Å². The number of aromatic amines is 1. The molecular weight excluding hydrogens is 346 g/mol. The molecule has 0 atom stereocenters. The van der Waals surface area contributed by atoms with Crippen molar-refractivity contribution >= 4 is 11.9 Å². The number of hydrogen-bond acceptors (Lipinski definition) is 5. The lowest BCUT2D eigenvalue weighted by Crippen LogP contribution is -2.09. The van der Waals surface area contributed by atoms with Crippen LogP contribution in [0.1, 0.15) is 44.6 Å². The molecule has 7 heteroatoms. The van der Waals surface area contributed by atoms with Crippen LogP contribution < -0.4 is 0 Å². The van der Waals surface area contributed by atoms with Crippen LogP contribution >= 0.6 is 0 Å². The van der Waals surface area contributed by atoms with Gasteiger partial charge in [0.1, 0.15) is 12.3 Å². The maximum absolute atomic E-state index is 12.4. The summed E-state index contributed by atoms with van der Waals surface area (Å²) < 4.78 is 12.2. The van der Waals surface area contributed by atoms with Gasteiger partial charge in [-0.25, -0.2) is 14.3 Å². The molecule has 0 aliphatic carbocycles. The zero-order valence-corrected chi connectivity index (χ0v) is 15.5. The lowest BCUT2D eigenvalue weighted by atomic mass is 10.1. The minimum atomic E-state index is -0.512. The van der Waals surface area contributed by atoms with Gasteiger partial charge in [-0.1, -0.05) is 12.1 Å². The van der Waals surface area contributed by atoms with Gasteiger partial charge in [0.2, 0.25) is 0 Å². The molecule has 1 aromatic carbocycles. The van der Waals surface area contributed by atoms with E-state index in [0.717, 1.165) is 11.3 Å². The van der Waals surface area contributed by atoms with Crippen molar-refractivity contribution in [2.45, 2.75) is 27.4 Å². The number of esters is 2. The molecule has 0 amide bonds. The first kappa shape index (κ1) is 18.4. The Morgan fingerprint density at radius 2 is 1.85 bits per heavy atom. The van der Waals surface area contributed by atoms with Gasteiger partial charge in [0, 0.05) is 18.1 Å². The second-order valence-electron chi connectivity index (χ2n) is 6.04. The SMILES string of the molecule is CCOC(=O)c1c(C)[nH]c(C(=O)OCc2ccc(-n3cccn3)cc2)c1C. The summed E-state index contributed by atoms with van der Waals surface area (Å²) in [4.78, 5) is 27.4. The highest BCUT2D eigenvalue weighted by atomic mass is 16.5. The van der Waals surface area contributed by atoms with Gasteiger partial charge in [-0.05, 0) is 50.1 Å². The Morgan fingerprint density at radius 3 is 2.48 bits per heavy atom. The van der Waals surface area contributed by atoms with Crippen LogP contribution in [0, 0.1) is 13.8 Å². The second kappa shape index (κ2) is 7.90. The number of carbonyl (C=O) groups excluding carboxylic acids is 2. The smallest absolute Gasteiger partial charge is 0.355 e. The fourth-order valence-corrected chi connectivity index (χ4v) is 2.85. The van der Waals surface area contributed by atoms with Gasteiger partial charge in [0.05, 0.1) is 17.9 Å². The topological polar surface area (TPSA) is 86.2 Å². The van der Waals surface area contributed by atoms with Crippen molar-refractivity contribution in [2.24, 2.45) is 0 Å². The van der Waals surface area contributed by atoms with Crippen LogP contribution in [0.3, 0.4) is 0 Å². The minimum Gasteiger partial charge on any atom is -0.462 e. The molecule has 2 aromatic heterocycles. The highest BCUT2D eigenvalue weighted by Crippen LogP contribution is 2.20. The molecule has 140 valence electrons. The number of nitrogens with one attached hydrogen (secondary N) is 1. The van der Waals surface area contributed by atoms with Crippen LogP contribution in [0.25, 0.3) is 5.69 Å². The van der Waals surface area contributed by atoms with Gasteiger partial charge in [0.15, 0.2) is 0 Å². The largest absolute Gasteiger partial charge is 0.462 e. The summed E-state index contributed by atoms with van der Waals surface area (Å²) in [6, 6.07) is 9.40. The number of rotatable bonds is 6. The first-order valence-electron chi connectivity index (χ1n) is 8.63. The Kier molecular flexibility index (Phi) is 5.40. The Hall–Kier alpha value is -3.35. The first-order chi connectivity index (χ1) is 13.0. The highest BCUT2D eigenvalue weighted by Gasteiger charge is 2.23. The molecule has 3 rings (SSSR count). The van der Waals surface area contributed by atoms with E-state index in [2.05, 4.69) is 10.1 Å². The summed E-state index contributed by atoms with van der Waals surface area (Å²) in [6.07, 6.45) is 3.56. The molecule has 0 aliphatic rings. The predicted octanol–water partition coefficient (Wildman–Crippen LogP) is 3.35. The molecular formula is C20H21N3O4.